The Balaban J connectivity index is 2.00. The lowest BCUT2D eigenvalue weighted by Crippen LogP contribution is -2.36. The topological polar surface area (TPSA) is 42.5 Å². The highest BCUT2D eigenvalue weighted by Gasteiger charge is 2.14. The first kappa shape index (κ1) is 13.7. The zero-order valence-corrected chi connectivity index (χ0v) is 11.8. The fraction of sp³-hybridized carbons (Fsp3) is 0.357. The second kappa shape index (κ2) is 6.43. The third-order valence-electron chi connectivity index (χ3n) is 2.82. The fourth-order valence-corrected chi connectivity index (χ4v) is 2.09. The molecule has 2 N–H and O–H groups in total. The van der Waals surface area contributed by atoms with Gasteiger partial charge in [0.2, 0.25) is 0 Å². The van der Waals surface area contributed by atoms with E-state index in [4.69, 9.17) is 21.7 Å². The second-order valence-corrected chi connectivity index (χ2v) is 4.68. The van der Waals surface area contributed by atoms with Gasteiger partial charge in [-0.3, -0.25) is 0 Å². The molecule has 19 heavy (non-hydrogen) atoms. The Hall–Kier alpha value is -1.75. The minimum absolute atomic E-state index is 0.0978. The summed E-state index contributed by atoms with van der Waals surface area (Å²) in [7, 11) is 0. The van der Waals surface area contributed by atoms with Crippen LogP contribution in [0, 0.1) is 0 Å². The summed E-state index contributed by atoms with van der Waals surface area (Å²) in [5, 5.41) is 6.87. The van der Waals surface area contributed by atoms with Crippen LogP contribution in [0.1, 0.15) is 18.5 Å². The third kappa shape index (κ3) is 3.61. The van der Waals surface area contributed by atoms with E-state index in [2.05, 4.69) is 17.2 Å². The van der Waals surface area contributed by atoms with E-state index in [0.717, 1.165) is 17.1 Å². The molecule has 2 rings (SSSR count). The lowest BCUT2D eigenvalue weighted by atomic mass is 10.1. The molecule has 0 amide bonds. The number of hydrogen-bond acceptors (Lipinski definition) is 3. The van der Waals surface area contributed by atoms with Crippen LogP contribution < -0.4 is 20.1 Å². The maximum absolute atomic E-state index is 5.57. The summed E-state index contributed by atoms with van der Waals surface area (Å²) in [5.74, 6) is 1.59. The predicted molar refractivity (Wildman–Crippen MR) is 79.8 cm³/mol. The summed E-state index contributed by atoms with van der Waals surface area (Å²) in [5.41, 5.74) is 1.10. The molecule has 1 heterocycles. The Labute approximate surface area is 118 Å². The molecule has 4 nitrogen and oxygen atoms in total. The van der Waals surface area contributed by atoms with Gasteiger partial charge in [0, 0.05) is 6.54 Å². The van der Waals surface area contributed by atoms with E-state index in [-0.39, 0.29) is 6.04 Å². The summed E-state index contributed by atoms with van der Waals surface area (Å²) in [4.78, 5) is 0. The first-order valence-electron chi connectivity index (χ1n) is 6.25. The minimum atomic E-state index is 0.0978. The zero-order chi connectivity index (χ0) is 13.7. The van der Waals surface area contributed by atoms with E-state index in [1.54, 1.807) is 6.08 Å². The fourth-order valence-electron chi connectivity index (χ4n) is 1.83. The van der Waals surface area contributed by atoms with Crippen molar-refractivity contribution in [1.82, 2.24) is 10.6 Å². The van der Waals surface area contributed by atoms with E-state index in [1.807, 2.05) is 25.1 Å². The average molecular weight is 278 g/mol. The summed E-state index contributed by atoms with van der Waals surface area (Å²) in [6, 6.07) is 6.03. The van der Waals surface area contributed by atoms with Gasteiger partial charge in [-0.25, -0.2) is 0 Å². The molecule has 5 heteroatoms. The van der Waals surface area contributed by atoms with Gasteiger partial charge in [0.15, 0.2) is 16.6 Å². The van der Waals surface area contributed by atoms with Crippen LogP contribution in [-0.4, -0.2) is 24.9 Å². The van der Waals surface area contributed by atoms with Gasteiger partial charge in [0.1, 0.15) is 13.2 Å². The molecule has 1 aliphatic heterocycles. The molecule has 1 aromatic rings. The van der Waals surface area contributed by atoms with Crippen molar-refractivity contribution in [2.75, 3.05) is 19.8 Å². The Kier molecular flexibility index (Phi) is 4.63. The van der Waals surface area contributed by atoms with E-state index < -0.39 is 0 Å². The molecule has 102 valence electrons. The summed E-state index contributed by atoms with van der Waals surface area (Å²) in [6.45, 7) is 7.54. The first-order chi connectivity index (χ1) is 9.20. The highest BCUT2D eigenvalue weighted by Crippen LogP contribution is 2.32. The van der Waals surface area contributed by atoms with Crippen molar-refractivity contribution >= 4 is 17.3 Å². The van der Waals surface area contributed by atoms with Crippen molar-refractivity contribution in [3.8, 4) is 11.5 Å². The second-order valence-electron chi connectivity index (χ2n) is 4.27. The van der Waals surface area contributed by atoms with Crippen LogP contribution in [0.15, 0.2) is 30.9 Å². The Bertz CT molecular complexity index is 477. The molecule has 0 saturated heterocycles. The highest BCUT2D eigenvalue weighted by atomic mass is 32.1. The predicted octanol–water partition coefficient (Wildman–Crippen LogP) is 2.17. The molecular weight excluding hydrogens is 260 g/mol. The zero-order valence-electron chi connectivity index (χ0n) is 10.9. The van der Waals surface area contributed by atoms with Crippen LogP contribution in [0.2, 0.25) is 0 Å². The summed E-state index contributed by atoms with van der Waals surface area (Å²) >= 11 is 5.19. The molecular formula is C14H18N2O2S. The van der Waals surface area contributed by atoms with Crippen molar-refractivity contribution in [2.45, 2.75) is 13.0 Å². The molecule has 0 fully saturated rings. The Morgan fingerprint density at radius 3 is 2.89 bits per heavy atom. The molecule has 0 radical (unpaired) electrons. The number of fused-ring (bicyclic) bond motifs is 1. The van der Waals surface area contributed by atoms with Crippen LogP contribution in [-0.2, 0) is 0 Å². The number of thiocarbonyl (C=S) groups is 1. The Morgan fingerprint density at radius 1 is 1.42 bits per heavy atom. The largest absolute Gasteiger partial charge is 0.486 e. The molecule has 0 saturated carbocycles. The summed E-state index contributed by atoms with van der Waals surface area (Å²) < 4.78 is 11.1. The molecule has 1 aliphatic rings. The number of benzene rings is 1. The van der Waals surface area contributed by atoms with Gasteiger partial charge in [-0.1, -0.05) is 12.1 Å². The smallest absolute Gasteiger partial charge is 0.167 e. The van der Waals surface area contributed by atoms with Crippen LogP contribution >= 0.6 is 12.2 Å². The number of ether oxygens (including phenoxy) is 2. The van der Waals surface area contributed by atoms with Gasteiger partial charge in [0.25, 0.3) is 0 Å². The molecule has 1 atom stereocenters. The van der Waals surface area contributed by atoms with Crippen molar-refractivity contribution in [3.63, 3.8) is 0 Å². The van der Waals surface area contributed by atoms with Crippen molar-refractivity contribution in [2.24, 2.45) is 0 Å². The molecule has 0 aromatic heterocycles. The molecule has 0 aliphatic carbocycles. The standard InChI is InChI=1S/C14H18N2O2S/c1-3-6-15-14(19)16-10(2)11-4-5-12-13(9-11)18-8-7-17-12/h3-5,9-10H,1,6-8H2,2H3,(H2,15,16,19)/t10-/m0/s1. The minimum Gasteiger partial charge on any atom is -0.486 e. The van der Waals surface area contributed by atoms with Crippen LogP contribution in [0.4, 0.5) is 0 Å². The number of hydrogen-bond donors (Lipinski definition) is 2. The van der Waals surface area contributed by atoms with E-state index in [9.17, 15) is 0 Å². The van der Waals surface area contributed by atoms with E-state index in [0.29, 0.717) is 24.9 Å². The maximum atomic E-state index is 5.57. The monoisotopic (exact) mass is 278 g/mol. The van der Waals surface area contributed by atoms with Gasteiger partial charge < -0.3 is 20.1 Å². The summed E-state index contributed by atoms with van der Waals surface area (Å²) in [6.07, 6.45) is 1.77. The number of nitrogens with one attached hydrogen (secondary N) is 2. The Morgan fingerprint density at radius 2 is 2.16 bits per heavy atom. The number of rotatable bonds is 4. The van der Waals surface area contributed by atoms with Crippen molar-refractivity contribution in [3.05, 3.63) is 36.4 Å². The van der Waals surface area contributed by atoms with Crippen LogP contribution in [0.25, 0.3) is 0 Å². The van der Waals surface area contributed by atoms with Crippen molar-refractivity contribution < 1.29 is 9.47 Å². The highest BCUT2D eigenvalue weighted by molar-refractivity contribution is 7.80. The van der Waals surface area contributed by atoms with Gasteiger partial charge in [-0.15, -0.1) is 6.58 Å². The molecule has 0 spiro atoms. The van der Waals surface area contributed by atoms with Crippen LogP contribution in [0.5, 0.6) is 11.5 Å². The van der Waals surface area contributed by atoms with E-state index in [1.165, 1.54) is 0 Å². The normalized spacial score (nSPS) is 14.4. The average Bonchev–Trinajstić information content (AvgIpc) is 2.44. The lowest BCUT2D eigenvalue weighted by molar-refractivity contribution is 0.171. The lowest BCUT2D eigenvalue weighted by Gasteiger charge is -2.21. The van der Waals surface area contributed by atoms with Gasteiger partial charge in [-0.05, 0) is 36.8 Å². The van der Waals surface area contributed by atoms with Gasteiger partial charge >= 0.3 is 0 Å². The van der Waals surface area contributed by atoms with Gasteiger partial charge in [0.05, 0.1) is 6.04 Å². The SMILES string of the molecule is C=CCNC(=S)N[C@@H](C)c1ccc2c(c1)OCCO2. The van der Waals surface area contributed by atoms with Gasteiger partial charge in [-0.2, -0.15) is 0 Å². The molecule has 0 unspecified atom stereocenters. The first-order valence-corrected chi connectivity index (χ1v) is 6.66. The quantitative estimate of drug-likeness (QED) is 0.652. The maximum Gasteiger partial charge on any atom is 0.167 e. The van der Waals surface area contributed by atoms with Crippen LogP contribution in [0.3, 0.4) is 0 Å². The molecule has 1 aromatic carbocycles. The molecule has 0 bridgehead atoms. The van der Waals surface area contributed by atoms with Crippen molar-refractivity contribution in [1.29, 1.82) is 0 Å². The van der Waals surface area contributed by atoms with E-state index >= 15 is 0 Å². The third-order valence-corrected chi connectivity index (χ3v) is 3.08.